The number of hydrogen-bond donors (Lipinski definition) is 3. The summed E-state index contributed by atoms with van der Waals surface area (Å²) in [6, 6.07) is -0.707. The van der Waals surface area contributed by atoms with Crippen LogP contribution in [0.25, 0.3) is 0 Å². The van der Waals surface area contributed by atoms with Gasteiger partial charge in [0, 0.05) is 12.0 Å². The van der Waals surface area contributed by atoms with E-state index in [0.29, 0.717) is 6.42 Å². The molecule has 0 aromatic rings. The largest absolute Gasteiger partial charge is 0.480 e. The first-order chi connectivity index (χ1) is 7.95. The van der Waals surface area contributed by atoms with E-state index in [1.165, 1.54) is 0 Å². The average molecular weight is 242 g/mol. The molecule has 0 saturated heterocycles. The minimum Gasteiger partial charge on any atom is -0.480 e. The van der Waals surface area contributed by atoms with E-state index in [2.05, 4.69) is 5.32 Å². The molecular formula is C12H22N2O3. The average Bonchev–Trinajstić information content (AvgIpc) is 2.71. The molecule has 4 atom stereocenters. The maximum Gasteiger partial charge on any atom is 0.326 e. The first kappa shape index (κ1) is 14.0. The van der Waals surface area contributed by atoms with E-state index in [-0.39, 0.29) is 23.8 Å². The molecule has 98 valence electrons. The van der Waals surface area contributed by atoms with Gasteiger partial charge in [0.05, 0.1) is 0 Å². The molecule has 0 heterocycles. The first-order valence-electron chi connectivity index (χ1n) is 6.24. The molecule has 0 bridgehead atoms. The summed E-state index contributed by atoms with van der Waals surface area (Å²) in [6.07, 6.45) is 3.00. The van der Waals surface area contributed by atoms with Gasteiger partial charge in [0.25, 0.3) is 0 Å². The van der Waals surface area contributed by atoms with Crippen molar-refractivity contribution < 1.29 is 14.7 Å². The van der Waals surface area contributed by atoms with Gasteiger partial charge in [-0.15, -0.1) is 0 Å². The topological polar surface area (TPSA) is 92.4 Å². The van der Waals surface area contributed by atoms with Crippen molar-refractivity contribution in [2.75, 3.05) is 0 Å². The highest BCUT2D eigenvalue weighted by atomic mass is 16.4. The lowest BCUT2D eigenvalue weighted by molar-refractivity contribution is -0.144. The van der Waals surface area contributed by atoms with Crippen LogP contribution in [0, 0.1) is 11.8 Å². The fraction of sp³-hybridized carbons (Fsp3) is 0.833. The zero-order valence-electron chi connectivity index (χ0n) is 10.5. The van der Waals surface area contributed by atoms with Crippen LogP contribution in [0.2, 0.25) is 0 Å². The van der Waals surface area contributed by atoms with Crippen molar-refractivity contribution in [1.82, 2.24) is 5.32 Å². The molecule has 0 radical (unpaired) electrons. The van der Waals surface area contributed by atoms with Gasteiger partial charge in [-0.2, -0.15) is 0 Å². The van der Waals surface area contributed by atoms with Gasteiger partial charge >= 0.3 is 5.97 Å². The Hall–Kier alpha value is -1.10. The van der Waals surface area contributed by atoms with Crippen LogP contribution in [0.3, 0.4) is 0 Å². The number of carbonyl (C=O) groups is 2. The Labute approximate surface area is 102 Å². The van der Waals surface area contributed by atoms with Crippen LogP contribution in [0.15, 0.2) is 0 Å². The number of nitrogens with one attached hydrogen (secondary N) is 1. The second-order valence-electron chi connectivity index (χ2n) is 4.98. The van der Waals surface area contributed by atoms with E-state index in [9.17, 15) is 9.59 Å². The Balaban J connectivity index is 2.55. The van der Waals surface area contributed by atoms with Crippen LogP contribution in [0.4, 0.5) is 0 Å². The predicted molar refractivity (Wildman–Crippen MR) is 64.3 cm³/mol. The number of aliphatic carboxylic acids is 1. The second kappa shape index (κ2) is 6.00. The highest BCUT2D eigenvalue weighted by molar-refractivity contribution is 5.85. The number of carbonyl (C=O) groups excluding carboxylic acids is 1. The molecule has 0 aromatic heterocycles. The van der Waals surface area contributed by atoms with Crippen LogP contribution < -0.4 is 11.1 Å². The van der Waals surface area contributed by atoms with Crippen molar-refractivity contribution in [3.05, 3.63) is 0 Å². The van der Waals surface area contributed by atoms with Crippen LogP contribution >= 0.6 is 0 Å². The number of nitrogens with two attached hydrogens (primary N) is 1. The molecule has 1 aliphatic rings. The van der Waals surface area contributed by atoms with Gasteiger partial charge < -0.3 is 16.2 Å². The highest BCUT2D eigenvalue weighted by Gasteiger charge is 2.32. The Morgan fingerprint density at radius 2 is 2.12 bits per heavy atom. The number of rotatable bonds is 5. The van der Waals surface area contributed by atoms with Gasteiger partial charge in [-0.05, 0) is 25.2 Å². The van der Waals surface area contributed by atoms with Gasteiger partial charge in [-0.1, -0.05) is 20.3 Å². The van der Waals surface area contributed by atoms with E-state index >= 15 is 0 Å². The standard InChI is InChI=1S/C12H22N2O3/c1-3-7(2)10(12(16)17)14-11(15)8-4-5-9(13)6-8/h7-10H,3-6,13H2,1-2H3,(H,14,15)(H,16,17). The maximum atomic E-state index is 11.9. The van der Waals surface area contributed by atoms with Crippen molar-refractivity contribution >= 4 is 11.9 Å². The fourth-order valence-electron chi connectivity index (χ4n) is 2.21. The van der Waals surface area contributed by atoms with Gasteiger partial charge in [0.1, 0.15) is 6.04 Å². The number of hydrogen-bond acceptors (Lipinski definition) is 3. The maximum absolute atomic E-state index is 11.9. The van der Waals surface area contributed by atoms with Gasteiger partial charge in [0.2, 0.25) is 5.91 Å². The lowest BCUT2D eigenvalue weighted by Crippen LogP contribution is -2.47. The van der Waals surface area contributed by atoms with Crippen LogP contribution in [-0.2, 0) is 9.59 Å². The molecule has 1 saturated carbocycles. The highest BCUT2D eigenvalue weighted by Crippen LogP contribution is 2.24. The van der Waals surface area contributed by atoms with E-state index in [1.807, 2.05) is 13.8 Å². The summed E-state index contributed by atoms with van der Waals surface area (Å²) in [5, 5.41) is 11.7. The summed E-state index contributed by atoms with van der Waals surface area (Å²) in [6.45, 7) is 3.75. The number of carboxylic acids is 1. The van der Waals surface area contributed by atoms with Gasteiger partial charge in [-0.3, -0.25) is 4.79 Å². The second-order valence-corrected chi connectivity index (χ2v) is 4.98. The smallest absolute Gasteiger partial charge is 0.326 e. The summed E-state index contributed by atoms with van der Waals surface area (Å²) in [5.74, 6) is -1.30. The molecule has 0 aliphatic heterocycles. The van der Waals surface area contributed by atoms with Crippen molar-refractivity contribution in [1.29, 1.82) is 0 Å². The van der Waals surface area contributed by atoms with Crippen LogP contribution in [0.1, 0.15) is 39.5 Å². The Bertz CT molecular complexity index is 293. The van der Waals surface area contributed by atoms with Gasteiger partial charge in [-0.25, -0.2) is 4.79 Å². The minimum absolute atomic E-state index is 0.0634. The third-order valence-electron chi connectivity index (χ3n) is 3.62. The lowest BCUT2D eigenvalue weighted by Gasteiger charge is -2.22. The van der Waals surface area contributed by atoms with Gasteiger partial charge in [0.15, 0.2) is 0 Å². The quantitative estimate of drug-likeness (QED) is 0.662. The lowest BCUT2D eigenvalue weighted by atomic mass is 9.98. The molecule has 5 nitrogen and oxygen atoms in total. The molecule has 1 amide bonds. The summed E-state index contributed by atoms with van der Waals surface area (Å²) >= 11 is 0. The van der Waals surface area contributed by atoms with Crippen molar-refractivity contribution in [2.24, 2.45) is 17.6 Å². The SMILES string of the molecule is CCC(C)C(NC(=O)C1CCC(N)C1)C(=O)O. The zero-order valence-corrected chi connectivity index (χ0v) is 10.5. The fourth-order valence-corrected chi connectivity index (χ4v) is 2.21. The molecule has 0 spiro atoms. The van der Waals surface area contributed by atoms with E-state index in [0.717, 1.165) is 19.3 Å². The third-order valence-corrected chi connectivity index (χ3v) is 3.62. The normalized spacial score (nSPS) is 27.5. The molecule has 1 rings (SSSR count). The molecule has 1 fully saturated rings. The molecule has 4 unspecified atom stereocenters. The molecule has 4 N–H and O–H groups in total. The van der Waals surface area contributed by atoms with Crippen LogP contribution in [0.5, 0.6) is 0 Å². The van der Waals surface area contributed by atoms with Crippen molar-refractivity contribution in [2.45, 2.75) is 51.6 Å². The third kappa shape index (κ3) is 3.70. The first-order valence-corrected chi connectivity index (χ1v) is 6.24. The molecule has 5 heteroatoms. The summed E-state index contributed by atoms with van der Waals surface area (Å²) in [5.41, 5.74) is 5.74. The van der Waals surface area contributed by atoms with Crippen molar-refractivity contribution in [3.63, 3.8) is 0 Å². The molecular weight excluding hydrogens is 220 g/mol. The number of amides is 1. The van der Waals surface area contributed by atoms with E-state index < -0.39 is 12.0 Å². The Morgan fingerprint density at radius 3 is 2.53 bits per heavy atom. The zero-order chi connectivity index (χ0) is 13.0. The summed E-state index contributed by atoms with van der Waals surface area (Å²) in [7, 11) is 0. The Morgan fingerprint density at radius 1 is 1.47 bits per heavy atom. The molecule has 17 heavy (non-hydrogen) atoms. The monoisotopic (exact) mass is 242 g/mol. The Kier molecular flexibility index (Phi) is 4.93. The number of carboxylic acid groups (broad SMARTS) is 1. The molecule has 1 aliphatic carbocycles. The van der Waals surface area contributed by atoms with E-state index in [4.69, 9.17) is 10.8 Å². The summed E-state index contributed by atoms with van der Waals surface area (Å²) in [4.78, 5) is 23.0. The summed E-state index contributed by atoms with van der Waals surface area (Å²) < 4.78 is 0. The van der Waals surface area contributed by atoms with Crippen LogP contribution in [-0.4, -0.2) is 29.1 Å². The van der Waals surface area contributed by atoms with E-state index in [1.54, 1.807) is 0 Å². The predicted octanol–water partition coefficient (Wildman–Crippen LogP) is 0.729. The molecule has 0 aromatic carbocycles. The minimum atomic E-state index is -0.963. The van der Waals surface area contributed by atoms with Crippen molar-refractivity contribution in [3.8, 4) is 0 Å².